The Hall–Kier alpha value is -2.90. The summed E-state index contributed by atoms with van der Waals surface area (Å²) in [5, 5.41) is 10.2. The number of para-hydroxylation sites is 1. The SMILES string of the molecule is CCNc1nc(NCC)nc(N/N=C/c2ccccc2N)n1. The van der Waals surface area contributed by atoms with Crippen molar-refractivity contribution < 1.29 is 0 Å². The van der Waals surface area contributed by atoms with Crippen molar-refractivity contribution in [2.45, 2.75) is 13.8 Å². The number of hydrogen-bond donors (Lipinski definition) is 4. The summed E-state index contributed by atoms with van der Waals surface area (Å²) in [7, 11) is 0. The van der Waals surface area contributed by atoms with Crippen LogP contribution in [0.3, 0.4) is 0 Å². The van der Waals surface area contributed by atoms with Crippen molar-refractivity contribution in [2.24, 2.45) is 5.10 Å². The minimum absolute atomic E-state index is 0.354. The van der Waals surface area contributed by atoms with Gasteiger partial charge in [-0.05, 0) is 19.9 Å². The van der Waals surface area contributed by atoms with E-state index in [4.69, 9.17) is 5.73 Å². The van der Waals surface area contributed by atoms with E-state index in [-0.39, 0.29) is 0 Å². The number of nitrogen functional groups attached to an aromatic ring is 1. The topological polar surface area (TPSA) is 113 Å². The van der Waals surface area contributed by atoms with Crippen molar-refractivity contribution in [3.05, 3.63) is 29.8 Å². The normalized spacial score (nSPS) is 10.6. The zero-order valence-electron chi connectivity index (χ0n) is 12.7. The first-order chi connectivity index (χ1) is 10.7. The van der Waals surface area contributed by atoms with Crippen LogP contribution in [-0.2, 0) is 0 Å². The van der Waals surface area contributed by atoms with E-state index >= 15 is 0 Å². The predicted octanol–water partition coefficient (Wildman–Crippen LogP) is 1.76. The Morgan fingerprint density at radius 2 is 1.59 bits per heavy atom. The summed E-state index contributed by atoms with van der Waals surface area (Å²) in [6.45, 7) is 5.39. The summed E-state index contributed by atoms with van der Waals surface area (Å²) in [6, 6.07) is 7.46. The van der Waals surface area contributed by atoms with Gasteiger partial charge in [0.1, 0.15) is 0 Å². The highest BCUT2D eigenvalue weighted by molar-refractivity contribution is 5.87. The van der Waals surface area contributed by atoms with Gasteiger partial charge in [0.2, 0.25) is 17.8 Å². The lowest BCUT2D eigenvalue weighted by atomic mass is 10.2. The summed E-state index contributed by atoms with van der Waals surface area (Å²) < 4.78 is 0. The highest BCUT2D eigenvalue weighted by atomic mass is 15.4. The van der Waals surface area contributed by atoms with Gasteiger partial charge in [0.25, 0.3) is 0 Å². The summed E-state index contributed by atoms with van der Waals surface area (Å²) in [5.41, 5.74) is 10.1. The predicted molar refractivity (Wildman–Crippen MR) is 90.2 cm³/mol. The maximum absolute atomic E-state index is 5.85. The van der Waals surface area contributed by atoms with Gasteiger partial charge in [0.15, 0.2) is 0 Å². The van der Waals surface area contributed by atoms with E-state index in [2.05, 4.69) is 36.1 Å². The fraction of sp³-hybridized carbons (Fsp3) is 0.286. The lowest BCUT2D eigenvalue weighted by Gasteiger charge is -2.07. The molecule has 0 fully saturated rings. The van der Waals surface area contributed by atoms with Crippen molar-refractivity contribution in [2.75, 3.05) is 34.9 Å². The quantitative estimate of drug-likeness (QED) is 0.350. The molecular formula is C14H20N8. The molecule has 1 heterocycles. The van der Waals surface area contributed by atoms with Crippen LogP contribution in [0.15, 0.2) is 29.4 Å². The fourth-order valence-electron chi connectivity index (χ4n) is 1.69. The molecule has 0 radical (unpaired) electrons. The highest BCUT2D eigenvalue weighted by Gasteiger charge is 2.04. The van der Waals surface area contributed by atoms with E-state index in [1.54, 1.807) is 6.21 Å². The van der Waals surface area contributed by atoms with Crippen molar-refractivity contribution in [1.29, 1.82) is 0 Å². The first-order valence-electron chi connectivity index (χ1n) is 7.10. The number of anilines is 4. The van der Waals surface area contributed by atoms with Crippen molar-refractivity contribution in [3.8, 4) is 0 Å². The number of nitrogens with one attached hydrogen (secondary N) is 3. The Balaban J connectivity index is 2.12. The van der Waals surface area contributed by atoms with E-state index in [1.165, 1.54) is 0 Å². The van der Waals surface area contributed by atoms with Gasteiger partial charge in [-0.1, -0.05) is 18.2 Å². The average molecular weight is 300 g/mol. The molecule has 1 aromatic carbocycles. The number of aromatic nitrogens is 3. The van der Waals surface area contributed by atoms with Gasteiger partial charge in [0.05, 0.1) is 6.21 Å². The Morgan fingerprint density at radius 3 is 2.18 bits per heavy atom. The molecule has 1 aromatic heterocycles. The first-order valence-corrected chi connectivity index (χ1v) is 7.10. The Morgan fingerprint density at radius 1 is 1.00 bits per heavy atom. The third-order valence-electron chi connectivity index (χ3n) is 2.67. The number of rotatable bonds is 7. The zero-order valence-corrected chi connectivity index (χ0v) is 12.7. The van der Waals surface area contributed by atoms with Gasteiger partial charge in [-0.3, -0.25) is 0 Å². The molecule has 0 saturated carbocycles. The zero-order chi connectivity index (χ0) is 15.8. The summed E-state index contributed by atoms with van der Waals surface area (Å²) in [5.74, 6) is 1.34. The molecule has 0 spiro atoms. The minimum Gasteiger partial charge on any atom is -0.398 e. The molecular weight excluding hydrogens is 280 g/mol. The Labute approximate surface area is 129 Å². The highest BCUT2D eigenvalue weighted by Crippen LogP contribution is 2.10. The van der Waals surface area contributed by atoms with E-state index in [0.29, 0.717) is 23.5 Å². The van der Waals surface area contributed by atoms with Crippen LogP contribution in [0.4, 0.5) is 23.5 Å². The molecule has 2 rings (SSSR count). The number of benzene rings is 1. The lowest BCUT2D eigenvalue weighted by Crippen LogP contribution is -2.10. The third kappa shape index (κ3) is 4.30. The molecule has 2 aromatic rings. The first kappa shape index (κ1) is 15.5. The standard InChI is InChI=1S/C14H20N8/c1-3-16-12-19-13(17-4-2)21-14(20-12)22-18-9-10-7-5-6-8-11(10)15/h5-9H,3-4,15H2,1-2H3,(H3,16,17,19,20,21,22)/b18-9+. The van der Waals surface area contributed by atoms with E-state index in [9.17, 15) is 0 Å². The summed E-state index contributed by atoms with van der Waals surface area (Å²) >= 11 is 0. The smallest absolute Gasteiger partial charge is 0.250 e. The van der Waals surface area contributed by atoms with Crippen molar-refractivity contribution in [1.82, 2.24) is 15.0 Å². The van der Waals surface area contributed by atoms with Gasteiger partial charge in [-0.15, -0.1) is 0 Å². The second-order valence-electron chi connectivity index (χ2n) is 4.37. The second-order valence-corrected chi connectivity index (χ2v) is 4.37. The molecule has 0 aliphatic carbocycles. The number of nitrogens with two attached hydrogens (primary N) is 1. The second kappa shape index (κ2) is 7.77. The lowest BCUT2D eigenvalue weighted by molar-refractivity contribution is 0.992. The third-order valence-corrected chi connectivity index (χ3v) is 2.67. The van der Waals surface area contributed by atoms with E-state index < -0.39 is 0 Å². The largest absolute Gasteiger partial charge is 0.398 e. The number of hydrazone groups is 1. The molecule has 0 amide bonds. The van der Waals surface area contributed by atoms with Gasteiger partial charge in [0, 0.05) is 24.3 Å². The molecule has 0 aliphatic rings. The van der Waals surface area contributed by atoms with Crippen LogP contribution in [0.2, 0.25) is 0 Å². The monoisotopic (exact) mass is 300 g/mol. The van der Waals surface area contributed by atoms with Gasteiger partial charge >= 0.3 is 0 Å². The number of hydrogen-bond acceptors (Lipinski definition) is 8. The summed E-state index contributed by atoms with van der Waals surface area (Å²) in [6.07, 6.45) is 1.62. The molecule has 116 valence electrons. The van der Waals surface area contributed by atoms with Crippen LogP contribution in [0, 0.1) is 0 Å². The van der Waals surface area contributed by atoms with E-state index in [0.717, 1.165) is 18.7 Å². The van der Waals surface area contributed by atoms with Gasteiger partial charge in [-0.2, -0.15) is 20.1 Å². The molecule has 0 bridgehead atoms. The minimum atomic E-state index is 0.354. The Kier molecular flexibility index (Phi) is 5.47. The molecule has 22 heavy (non-hydrogen) atoms. The molecule has 0 unspecified atom stereocenters. The molecule has 8 heteroatoms. The molecule has 8 nitrogen and oxygen atoms in total. The Bertz CT molecular complexity index is 616. The van der Waals surface area contributed by atoms with Crippen LogP contribution < -0.4 is 21.8 Å². The number of nitrogens with zero attached hydrogens (tertiary/aromatic N) is 4. The fourth-order valence-corrected chi connectivity index (χ4v) is 1.69. The molecule has 0 saturated heterocycles. The average Bonchev–Trinajstić information content (AvgIpc) is 2.50. The van der Waals surface area contributed by atoms with Gasteiger partial charge in [-0.25, -0.2) is 5.43 Å². The van der Waals surface area contributed by atoms with Crippen molar-refractivity contribution in [3.63, 3.8) is 0 Å². The van der Waals surface area contributed by atoms with Crippen LogP contribution in [0.5, 0.6) is 0 Å². The maximum Gasteiger partial charge on any atom is 0.250 e. The molecule has 0 aliphatic heterocycles. The van der Waals surface area contributed by atoms with Gasteiger partial charge < -0.3 is 16.4 Å². The summed E-state index contributed by atoms with van der Waals surface area (Å²) in [4.78, 5) is 12.7. The molecule has 0 atom stereocenters. The van der Waals surface area contributed by atoms with Crippen molar-refractivity contribution >= 4 is 29.7 Å². The van der Waals surface area contributed by atoms with Crippen LogP contribution in [-0.4, -0.2) is 34.3 Å². The molecule has 5 N–H and O–H groups in total. The van der Waals surface area contributed by atoms with Crippen LogP contribution in [0.25, 0.3) is 0 Å². The van der Waals surface area contributed by atoms with Crippen LogP contribution in [0.1, 0.15) is 19.4 Å². The van der Waals surface area contributed by atoms with Crippen LogP contribution >= 0.6 is 0 Å². The van der Waals surface area contributed by atoms with E-state index in [1.807, 2.05) is 38.1 Å². The maximum atomic E-state index is 5.85.